The van der Waals surface area contributed by atoms with Crippen molar-refractivity contribution in [2.24, 2.45) is 5.92 Å². The number of hydrogen-bond acceptors (Lipinski definition) is 5. The molecule has 32 heavy (non-hydrogen) atoms. The number of ether oxygens (including phenoxy) is 2. The predicted octanol–water partition coefficient (Wildman–Crippen LogP) is 4.27. The number of esters is 1. The number of amides is 1. The van der Waals surface area contributed by atoms with E-state index in [-0.39, 0.29) is 22.7 Å². The monoisotopic (exact) mass is 453 g/mol. The van der Waals surface area contributed by atoms with Crippen molar-refractivity contribution in [3.05, 3.63) is 76.6 Å². The van der Waals surface area contributed by atoms with Gasteiger partial charge in [0.25, 0.3) is 5.91 Å². The number of carbonyl (C=O) groups excluding carboxylic acids is 2. The van der Waals surface area contributed by atoms with Gasteiger partial charge in [0, 0.05) is 0 Å². The lowest BCUT2D eigenvalue weighted by Crippen LogP contribution is -2.33. The molecule has 7 nitrogen and oxygen atoms in total. The molecule has 0 spiro atoms. The maximum Gasteiger partial charge on any atom is 0.343 e. The van der Waals surface area contributed by atoms with Crippen LogP contribution in [-0.2, 0) is 9.53 Å². The zero-order valence-corrected chi connectivity index (χ0v) is 18.6. The second kappa shape index (κ2) is 9.44. The van der Waals surface area contributed by atoms with E-state index in [0.29, 0.717) is 11.6 Å². The number of hydrogen-bond donors (Lipinski definition) is 1. The minimum absolute atomic E-state index is 0.127. The second-order valence-corrected chi connectivity index (χ2v) is 8.09. The maximum absolute atomic E-state index is 12.7. The molecule has 1 unspecified atom stereocenters. The van der Waals surface area contributed by atoms with Gasteiger partial charge in [-0.3, -0.25) is 4.79 Å². The van der Waals surface area contributed by atoms with Gasteiger partial charge in [0.2, 0.25) is 0 Å². The third kappa shape index (κ3) is 4.78. The molecule has 1 aliphatic rings. The number of aryl methyl sites for hydroxylation is 1. The minimum Gasteiger partial charge on any atom is -0.497 e. The van der Waals surface area contributed by atoms with E-state index in [1.807, 2.05) is 54.6 Å². The van der Waals surface area contributed by atoms with E-state index in [1.54, 1.807) is 14.0 Å². The number of halogens is 1. The number of nitrogens with zero attached hydrogens (tertiary/aromatic N) is 2. The molecule has 1 atom stereocenters. The first-order valence-electron chi connectivity index (χ1n) is 10.4. The molecule has 3 aromatic rings. The Morgan fingerprint density at radius 3 is 2.47 bits per heavy atom. The van der Waals surface area contributed by atoms with Gasteiger partial charge in [-0.1, -0.05) is 41.9 Å². The van der Waals surface area contributed by atoms with E-state index in [0.717, 1.165) is 29.8 Å². The van der Waals surface area contributed by atoms with Crippen LogP contribution in [0.15, 0.2) is 54.6 Å². The first-order valence-corrected chi connectivity index (χ1v) is 10.8. The number of methoxy groups -OCH3 is 1. The first-order chi connectivity index (χ1) is 15.5. The Kier molecular flexibility index (Phi) is 6.46. The lowest BCUT2D eigenvalue weighted by molar-refractivity contribution is -0.125. The fourth-order valence-corrected chi connectivity index (χ4v) is 3.95. The molecule has 8 heteroatoms. The summed E-state index contributed by atoms with van der Waals surface area (Å²) >= 11 is 6.40. The Morgan fingerprint density at radius 2 is 1.84 bits per heavy atom. The number of rotatable bonds is 8. The highest BCUT2D eigenvalue weighted by Crippen LogP contribution is 2.41. The van der Waals surface area contributed by atoms with Crippen molar-refractivity contribution in [1.29, 1.82) is 0 Å². The maximum atomic E-state index is 12.7. The summed E-state index contributed by atoms with van der Waals surface area (Å²) in [5.74, 6) is 0.0863. The van der Waals surface area contributed by atoms with E-state index in [1.165, 1.54) is 4.68 Å². The van der Waals surface area contributed by atoms with Gasteiger partial charge in [-0.2, -0.15) is 5.10 Å². The van der Waals surface area contributed by atoms with Crippen LogP contribution in [0.25, 0.3) is 5.69 Å². The van der Waals surface area contributed by atoms with Crippen LogP contribution in [0.3, 0.4) is 0 Å². The van der Waals surface area contributed by atoms with Crippen LogP contribution in [0, 0.1) is 12.8 Å². The van der Waals surface area contributed by atoms with Crippen molar-refractivity contribution in [1.82, 2.24) is 15.1 Å². The average molecular weight is 454 g/mol. The molecule has 0 radical (unpaired) electrons. The van der Waals surface area contributed by atoms with Crippen molar-refractivity contribution >= 4 is 23.5 Å². The van der Waals surface area contributed by atoms with Gasteiger partial charge >= 0.3 is 5.97 Å². The first kappa shape index (κ1) is 21.9. The van der Waals surface area contributed by atoms with E-state index < -0.39 is 12.6 Å². The highest BCUT2D eigenvalue weighted by atomic mass is 35.5. The second-order valence-electron chi connectivity index (χ2n) is 7.73. The van der Waals surface area contributed by atoms with Crippen LogP contribution in [0.1, 0.15) is 40.5 Å². The molecule has 0 bridgehead atoms. The van der Waals surface area contributed by atoms with Crippen LogP contribution < -0.4 is 10.1 Å². The molecule has 1 N–H and O–H groups in total. The summed E-state index contributed by atoms with van der Waals surface area (Å²) in [5, 5.41) is 7.47. The van der Waals surface area contributed by atoms with Gasteiger partial charge in [0.05, 0.1) is 24.5 Å². The Labute approximate surface area is 191 Å². The molecule has 166 valence electrons. The molecule has 1 fully saturated rings. The van der Waals surface area contributed by atoms with Crippen LogP contribution in [0.5, 0.6) is 5.75 Å². The van der Waals surface area contributed by atoms with Gasteiger partial charge < -0.3 is 14.8 Å². The SMILES string of the molecule is COc1ccc(C(NC(=O)COC(=O)c2c(C)nn(-c3ccccc3)c2Cl)C2CC2)cc1. The summed E-state index contributed by atoms with van der Waals surface area (Å²) in [4.78, 5) is 25.2. The predicted molar refractivity (Wildman–Crippen MR) is 120 cm³/mol. The quantitative estimate of drug-likeness (QED) is 0.515. The van der Waals surface area contributed by atoms with E-state index in [9.17, 15) is 9.59 Å². The molecule has 4 rings (SSSR count). The molecule has 1 saturated carbocycles. The number of nitrogens with one attached hydrogen (secondary N) is 1. The van der Waals surface area contributed by atoms with Crippen LogP contribution in [0.4, 0.5) is 0 Å². The normalized spacial score (nSPS) is 14.0. The van der Waals surface area contributed by atoms with Crippen molar-refractivity contribution < 1.29 is 19.1 Å². The lowest BCUT2D eigenvalue weighted by atomic mass is 10.0. The van der Waals surface area contributed by atoms with Crippen molar-refractivity contribution in [3.63, 3.8) is 0 Å². The average Bonchev–Trinajstić information content (AvgIpc) is 3.61. The Hall–Kier alpha value is -3.32. The molecule has 1 aliphatic carbocycles. The molecular formula is C24H24ClN3O4. The molecule has 1 heterocycles. The standard InChI is InChI=1S/C24H24ClN3O4/c1-15-21(23(25)28(27-15)18-6-4-3-5-7-18)24(30)32-14-20(29)26-22(16-8-9-16)17-10-12-19(31-2)13-11-17/h3-7,10-13,16,22H,8-9,14H2,1-2H3,(H,26,29). The lowest BCUT2D eigenvalue weighted by Gasteiger charge is -2.19. The highest BCUT2D eigenvalue weighted by molar-refractivity contribution is 6.33. The molecule has 0 aliphatic heterocycles. The summed E-state index contributed by atoms with van der Waals surface area (Å²) < 4.78 is 11.9. The highest BCUT2D eigenvalue weighted by Gasteiger charge is 2.33. The molecule has 1 aromatic heterocycles. The smallest absolute Gasteiger partial charge is 0.343 e. The zero-order valence-electron chi connectivity index (χ0n) is 17.9. The molecule has 0 saturated heterocycles. The van der Waals surface area contributed by atoms with Gasteiger partial charge in [-0.15, -0.1) is 0 Å². The molecule has 1 amide bonds. The third-order valence-electron chi connectivity index (χ3n) is 5.43. The van der Waals surface area contributed by atoms with Crippen LogP contribution in [0.2, 0.25) is 5.15 Å². The van der Waals surface area contributed by atoms with E-state index in [4.69, 9.17) is 21.1 Å². The number of benzene rings is 2. The zero-order chi connectivity index (χ0) is 22.7. The van der Waals surface area contributed by atoms with Crippen LogP contribution in [-0.4, -0.2) is 35.4 Å². The van der Waals surface area contributed by atoms with Crippen molar-refractivity contribution in [3.8, 4) is 11.4 Å². The summed E-state index contributed by atoms with van der Waals surface area (Å²) in [7, 11) is 1.61. The van der Waals surface area contributed by atoms with E-state index in [2.05, 4.69) is 10.4 Å². The van der Waals surface area contributed by atoms with Crippen LogP contribution >= 0.6 is 11.6 Å². The fourth-order valence-electron chi connectivity index (χ4n) is 3.60. The largest absolute Gasteiger partial charge is 0.497 e. The summed E-state index contributed by atoms with van der Waals surface area (Å²) in [6.45, 7) is 1.28. The number of aromatic nitrogens is 2. The topological polar surface area (TPSA) is 82.4 Å². The summed E-state index contributed by atoms with van der Waals surface area (Å²) in [6, 6.07) is 16.7. The van der Waals surface area contributed by atoms with E-state index >= 15 is 0 Å². The Bertz CT molecular complexity index is 1110. The number of para-hydroxylation sites is 1. The Morgan fingerprint density at radius 1 is 1.16 bits per heavy atom. The summed E-state index contributed by atoms with van der Waals surface area (Å²) in [5.41, 5.74) is 2.30. The fraction of sp³-hybridized carbons (Fsp3) is 0.292. The van der Waals surface area contributed by atoms with Gasteiger partial charge in [0.1, 0.15) is 16.5 Å². The summed E-state index contributed by atoms with van der Waals surface area (Å²) in [6.07, 6.45) is 2.09. The van der Waals surface area contributed by atoms with Crippen molar-refractivity contribution in [2.75, 3.05) is 13.7 Å². The van der Waals surface area contributed by atoms with Gasteiger partial charge in [-0.25, -0.2) is 9.48 Å². The van der Waals surface area contributed by atoms with Gasteiger partial charge in [0.15, 0.2) is 6.61 Å². The van der Waals surface area contributed by atoms with Gasteiger partial charge in [-0.05, 0) is 55.5 Å². The number of carbonyl (C=O) groups is 2. The van der Waals surface area contributed by atoms with Crippen molar-refractivity contribution in [2.45, 2.75) is 25.8 Å². The third-order valence-corrected chi connectivity index (χ3v) is 5.78. The Balaban J connectivity index is 1.40. The molecular weight excluding hydrogens is 430 g/mol. The minimum atomic E-state index is -0.683. The molecule has 2 aromatic carbocycles.